The largest absolute Gasteiger partial charge is 0.338 e. The molecule has 0 bridgehead atoms. The van der Waals surface area contributed by atoms with Gasteiger partial charge in [-0.2, -0.15) is 0 Å². The zero-order chi connectivity index (χ0) is 12.4. The topological polar surface area (TPSA) is 46.9 Å². The van der Waals surface area contributed by atoms with Crippen molar-refractivity contribution < 1.29 is 9.18 Å². The number of benzene rings is 1. The minimum atomic E-state index is -0.390. The summed E-state index contributed by atoms with van der Waals surface area (Å²) in [6.45, 7) is 1.57. The number of nitrogens with zero attached hydrogens (tertiary/aromatic N) is 2. The molecular weight excluding hydrogens is 221 g/mol. The van der Waals surface area contributed by atoms with Crippen molar-refractivity contribution in [1.29, 1.82) is 0 Å². The normalized spacial score (nSPS) is 10.3. The third kappa shape index (κ3) is 2.33. The number of carbonyl (C=O) groups excluding carboxylic acids is 1. The van der Waals surface area contributed by atoms with E-state index in [4.69, 9.17) is 0 Å². The molecule has 1 amide bonds. The Bertz CT molecular complexity index is 563. The number of rotatable bonds is 2. The molecule has 0 saturated heterocycles. The second kappa shape index (κ2) is 4.37. The Morgan fingerprint density at radius 1 is 1.47 bits per heavy atom. The van der Waals surface area contributed by atoms with E-state index in [-0.39, 0.29) is 5.91 Å². The van der Waals surface area contributed by atoms with Gasteiger partial charge in [0.25, 0.3) is 5.91 Å². The summed E-state index contributed by atoms with van der Waals surface area (Å²) in [5.41, 5.74) is 0.650. The molecule has 2 rings (SSSR count). The van der Waals surface area contributed by atoms with E-state index in [1.807, 2.05) is 0 Å². The number of hydrogen-bond donors (Lipinski definition) is 1. The highest BCUT2D eigenvalue weighted by Crippen LogP contribution is 2.13. The van der Waals surface area contributed by atoms with Crippen molar-refractivity contribution in [3.8, 4) is 0 Å². The highest BCUT2D eigenvalue weighted by Gasteiger charge is 2.12. The van der Waals surface area contributed by atoms with E-state index in [0.717, 1.165) is 0 Å². The van der Waals surface area contributed by atoms with Crippen LogP contribution in [0, 0.1) is 12.7 Å². The highest BCUT2D eigenvalue weighted by molar-refractivity contribution is 6.04. The average Bonchev–Trinajstić information content (AvgIpc) is 2.68. The van der Waals surface area contributed by atoms with E-state index >= 15 is 0 Å². The van der Waals surface area contributed by atoms with E-state index in [1.165, 1.54) is 12.1 Å². The fourth-order valence-electron chi connectivity index (χ4n) is 1.51. The molecule has 1 aromatic carbocycles. The van der Waals surface area contributed by atoms with Crippen molar-refractivity contribution in [1.82, 2.24) is 9.55 Å². The van der Waals surface area contributed by atoms with E-state index in [9.17, 15) is 9.18 Å². The number of hydrogen-bond acceptors (Lipinski definition) is 2. The van der Waals surface area contributed by atoms with Crippen LogP contribution in [-0.2, 0) is 7.05 Å². The summed E-state index contributed by atoms with van der Waals surface area (Å²) in [7, 11) is 1.80. The molecule has 0 spiro atoms. The first-order valence-corrected chi connectivity index (χ1v) is 5.12. The predicted molar refractivity (Wildman–Crippen MR) is 62.3 cm³/mol. The number of halogens is 1. The maximum absolute atomic E-state index is 13.3. The zero-order valence-corrected chi connectivity index (χ0v) is 9.57. The number of aromatic nitrogens is 2. The molecule has 17 heavy (non-hydrogen) atoms. The van der Waals surface area contributed by atoms with Gasteiger partial charge in [-0.15, -0.1) is 0 Å². The van der Waals surface area contributed by atoms with Crippen LogP contribution in [0.4, 0.5) is 10.2 Å². The fourth-order valence-corrected chi connectivity index (χ4v) is 1.51. The van der Waals surface area contributed by atoms with E-state index in [1.54, 1.807) is 37.1 Å². The Morgan fingerprint density at radius 3 is 2.88 bits per heavy atom. The van der Waals surface area contributed by atoms with Gasteiger partial charge in [0.2, 0.25) is 0 Å². The maximum Gasteiger partial charge on any atom is 0.257 e. The monoisotopic (exact) mass is 233 g/mol. The summed E-state index contributed by atoms with van der Waals surface area (Å²) >= 11 is 0. The Labute approximate surface area is 98.1 Å². The van der Waals surface area contributed by atoms with Crippen molar-refractivity contribution in [3.63, 3.8) is 0 Å². The van der Waals surface area contributed by atoms with Gasteiger partial charge in [0.15, 0.2) is 5.82 Å². The summed E-state index contributed by atoms with van der Waals surface area (Å²) in [6.07, 6.45) is 3.25. The average molecular weight is 233 g/mol. The molecule has 1 aromatic heterocycles. The second-order valence-corrected chi connectivity index (χ2v) is 3.79. The van der Waals surface area contributed by atoms with Crippen molar-refractivity contribution >= 4 is 11.7 Å². The summed E-state index contributed by atoms with van der Waals surface area (Å²) in [4.78, 5) is 15.8. The number of anilines is 1. The van der Waals surface area contributed by atoms with Gasteiger partial charge in [-0.25, -0.2) is 9.37 Å². The number of nitrogens with one attached hydrogen (secondary N) is 1. The Kier molecular flexibility index (Phi) is 2.91. The van der Waals surface area contributed by atoms with Crippen LogP contribution < -0.4 is 5.32 Å². The molecular formula is C12H12FN3O. The molecule has 0 atom stereocenters. The summed E-state index contributed by atoms with van der Waals surface area (Å²) in [5, 5.41) is 2.61. The quantitative estimate of drug-likeness (QED) is 0.863. The van der Waals surface area contributed by atoms with Crippen molar-refractivity contribution in [2.24, 2.45) is 7.05 Å². The van der Waals surface area contributed by atoms with Crippen LogP contribution in [0.3, 0.4) is 0 Å². The zero-order valence-electron chi connectivity index (χ0n) is 9.57. The minimum Gasteiger partial charge on any atom is -0.338 e. The van der Waals surface area contributed by atoms with Gasteiger partial charge < -0.3 is 9.88 Å². The summed E-state index contributed by atoms with van der Waals surface area (Å²) < 4.78 is 15.0. The summed E-state index contributed by atoms with van der Waals surface area (Å²) in [5.74, 6) is -0.305. The maximum atomic E-state index is 13.3. The van der Waals surface area contributed by atoms with Gasteiger partial charge in [-0.1, -0.05) is 6.07 Å². The van der Waals surface area contributed by atoms with Crippen LogP contribution in [-0.4, -0.2) is 15.5 Å². The lowest BCUT2D eigenvalue weighted by Gasteiger charge is -2.05. The van der Waals surface area contributed by atoms with E-state index in [2.05, 4.69) is 10.3 Å². The first-order valence-electron chi connectivity index (χ1n) is 5.12. The van der Waals surface area contributed by atoms with E-state index in [0.29, 0.717) is 16.9 Å². The molecule has 0 aliphatic heterocycles. The molecule has 0 aliphatic rings. The smallest absolute Gasteiger partial charge is 0.257 e. The Balaban J connectivity index is 2.23. The SMILES string of the molecule is Cc1c(F)cccc1C(=O)Nc1cn(C)cn1. The number of imidazole rings is 1. The van der Waals surface area contributed by atoms with Gasteiger partial charge in [-0.3, -0.25) is 4.79 Å². The van der Waals surface area contributed by atoms with Gasteiger partial charge in [-0.05, 0) is 24.6 Å². The second-order valence-electron chi connectivity index (χ2n) is 3.79. The Morgan fingerprint density at radius 2 is 2.24 bits per heavy atom. The third-order valence-corrected chi connectivity index (χ3v) is 2.46. The molecule has 5 heteroatoms. The van der Waals surface area contributed by atoms with Crippen LogP contribution in [0.25, 0.3) is 0 Å². The van der Waals surface area contributed by atoms with Gasteiger partial charge in [0.05, 0.1) is 6.33 Å². The van der Waals surface area contributed by atoms with Gasteiger partial charge >= 0.3 is 0 Å². The lowest BCUT2D eigenvalue weighted by atomic mass is 10.1. The van der Waals surface area contributed by atoms with Crippen molar-refractivity contribution in [2.75, 3.05) is 5.32 Å². The molecule has 1 N–H and O–H groups in total. The van der Waals surface area contributed by atoms with Gasteiger partial charge in [0, 0.05) is 18.8 Å². The third-order valence-electron chi connectivity index (χ3n) is 2.46. The predicted octanol–water partition coefficient (Wildman–Crippen LogP) is 2.12. The lowest BCUT2D eigenvalue weighted by Crippen LogP contribution is -2.14. The molecule has 0 unspecified atom stereocenters. The van der Waals surface area contributed by atoms with E-state index < -0.39 is 5.82 Å². The molecule has 0 radical (unpaired) electrons. The van der Waals surface area contributed by atoms with Crippen LogP contribution in [0.5, 0.6) is 0 Å². The van der Waals surface area contributed by atoms with Crippen LogP contribution >= 0.6 is 0 Å². The number of aryl methyl sites for hydroxylation is 1. The van der Waals surface area contributed by atoms with Crippen LogP contribution in [0.1, 0.15) is 15.9 Å². The molecule has 2 aromatic rings. The first-order chi connectivity index (χ1) is 8.08. The number of carbonyl (C=O) groups is 1. The Hall–Kier alpha value is -2.17. The molecule has 0 aliphatic carbocycles. The highest BCUT2D eigenvalue weighted by atomic mass is 19.1. The molecule has 88 valence electrons. The first kappa shape index (κ1) is 11.3. The molecule has 0 fully saturated rings. The van der Waals surface area contributed by atoms with Crippen LogP contribution in [0.2, 0.25) is 0 Å². The fraction of sp³-hybridized carbons (Fsp3) is 0.167. The molecule has 4 nitrogen and oxygen atoms in total. The molecule has 0 saturated carbocycles. The molecule has 1 heterocycles. The number of amides is 1. The van der Waals surface area contributed by atoms with Gasteiger partial charge in [0.1, 0.15) is 5.82 Å². The lowest BCUT2D eigenvalue weighted by molar-refractivity contribution is 0.102. The standard InChI is InChI=1S/C12H12FN3O/c1-8-9(4-3-5-10(8)13)12(17)15-11-6-16(2)7-14-11/h3-7H,1-2H3,(H,15,17). The van der Waals surface area contributed by atoms with Crippen molar-refractivity contribution in [3.05, 3.63) is 47.7 Å². The van der Waals surface area contributed by atoms with Crippen LogP contribution in [0.15, 0.2) is 30.7 Å². The van der Waals surface area contributed by atoms with Crippen molar-refractivity contribution in [2.45, 2.75) is 6.92 Å². The summed E-state index contributed by atoms with van der Waals surface area (Å²) in [6, 6.07) is 4.42. The minimum absolute atomic E-state index is 0.315.